The van der Waals surface area contributed by atoms with Crippen LogP contribution in [0.3, 0.4) is 0 Å². The lowest BCUT2D eigenvalue weighted by atomic mass is 9.99. The molecule has 0 radical (unpaired) electrons. The van der Waals surface area contributed by atoms with Crippen molar-refractivity contribution in [1.82, 2.24) is 15.1 Å². The first-order valence-corrected chi connectivity index (χ1v) is 6.65. The number of carbonyl (C=O) groups is 1. The smallest absolute Gasteiger partial charge is 0.243 e. The van der Waals surface area contributed by atoms with Crippen molar-refractivity contribution in [2.24, 2.45) is 0 Å². The molecule has 1 saturated heterocycles. The van der Waals surface area contributed by atoms with Crippen LogP contribution in [0.25, 0.3) is 0 Å². The van der Waals surface area contributed by atoms with E-state index in [1.54, 1.807) is 0 Å². The molecule has 4 heteroatoms. The molecule has 1 atom stereocenters. The molecule has 4 nitrogen and oxygen atoms in total. The minimum absolute atomic E-state index is 0.257. The van der Waals surface area contributed by atoms with E-state index in [4.69, 9.17) is 0 Å². The second-order valence-electron chi connectivity index (χ2n) is 5.52. The molecule has 17 heavy (non-hydrogen) atoms. The van der Waals surface area contributed by atoms with Crippen LogP contribution in [0.1, 0.15) is 40.5 Å². The minimum Gasteiger partial charge on any atom is -0.328 e. The van der Waals surface area contributed by atoms with Crippen molar-refractivity contribution in [2.45, 2.75) is 52.1 Å². The highest BCUT2D eigenvalue weighted by Crippen LogP contribution is 2.19. The molecule has 1 heterocycles. The van der Waals surface area contributed by atoms with Crippen molar-refractivity contribution in [1.29, 1.82) is 0 Å². The van der Waals surface area contributed by atoms with Gasteiger partial charge in [0.1, 0.15) is 0 Å². The fourth-order valence-electron chi connectivity index (χ4n) is 1.99. The molecule has 1 aliphatic heterocycles. The molecule has 1 fully saturated rings. The average Bonchev–Trinajstić information content (AvgIpc) is 2.58. The number of nitrogens with zero attached hydrogens (tertiary/aromatic N) is 2. The van der Waals surface area contributed by atoms with Gasteiger partial charge in [0.2, 0.25) is 5.91 Å². The first-order valence-electron chi connectivity index (χ1n) is 6.65. The van der Waals surface area contributed by atoms with E-state index >= 15 is 0 Å². The summed E-state index contributed by atoms with van der Waals surface area (Å²) in [5.41, 5.74) is -0.329. The summed E-state index contributed by atoms with van der Waals surface area (Å²) in [6, 6.07) is 0.573. The summed E-state index contributed by atoms with van der Waals surface area (Å²) in [6.07, 6.45) is 1.90. The Hall–Kier alpha value is -0.610. The van der Waals surface area contributed by atoms with Crippen molar-refractivity contribution in [3.63, 3.8) is 0 Å². The zero-order chi connectivity index (χ0) is 13.1. The Kier molecular flexibility index (Phi) is 4.95. The summed E-state index contributed by atoms with van der Waals surface area (Å²) in [7, 11) is 2.13. The summed E-state index contributed by atoms with van der Waals surface area (Å²) in [5, 5.41) is 3.31. The minimum atomic E-state index is -0.329. The van der Waals surface area contributed by atoms with E-state index in [0.717, 1.165) is 25.9 Å². The largest absolute Gasteiger partial charge is 0.328 e. The van der Waals surface area contributed by atoms with Gasteiger partial charge in [-0.25, -0.2) is 0 Å². The Bertz CT molecular complexity index is 267. The molecule has 100 valence electrons. The monoisotopic (exact) mass is 241 g/mol. The van der Waals surface area contributed by atoms with Gasteiger partial charge < -0.3 is 9.80 Å². The maximum absolute atomic E-state index is 12.1. The molecule has 1 N–H and O–H groups in total. The number of rotatable bonds is 6. The van der Waals surface area contributed by atoms with Gasteiger partial charge >= 0.3 is 0 Å². The molecule has 1 rings (SSSR count). The van der Waals surface area contributed by atoms with Gasteiger partial charge in [0.25, 0.3) is 0 Å². The Morgan fingerprint density at radius 3 is 2.65 bits per heavy atom. The van der Waals surface area contributed by atoms with Crippen LogP contribution in [-0.2, 0) is 4.79 Å². The van der Waals surface area contributed by atoms with Gasteiger partial charge in [-0.15, -0.1) is 0 Å². The molecule has 0 aliphatic carbocycles. The maximum atomic E-state index is 12.1. The van der Waals surface area contributed by atoms with E-state index in [9.17, 15) is 4.79 Å². The molecule has 1 aliphatic rings. The molecular weight excluding hydrogens is 214 g/mol. The second kappa shape index (κ2) is 5.83. The maximum Gasteiger partial charge on any atom is 0.243 e. The zero-order valence-electron chi connectivity index (χ0n) is 11.9. The van der Waals surface area contributed by atoms with Gasteiger partial charge in [-0.05, 0) is 47.2 Å². The molecular formula is C13H27N3O. The van der Waals surface area contributed by atoms with E-state index < -0.39 is 0 Å². The SMILES string of the molecule is CCC1(C)NCN(CCCN(C)C(C)C)C1=O. The molecule has 1 unspecified atom stereocenters. The van der Waals surface area contributed by atoms with Gasteiger partial charge in [-0.3, -0.25) is 10.1 Å². The molecule has 0 spiro atoms. The fourth-order valence-corrected chi connectivity index (χ4v) is 1.99. The van der Waals surface area contributed by atoms with Crippen LogP contribution in [0.4, 0.5) is 0 Å². The van der Waals surface area contributed by atoms with Crippen molar-refractivity contribution < 1.29 is 4.79 Å². The predicted octanol–water partition coefficient (Wildman–Crippen LogP) is 1.27. The van der Waals surface area contributed by atoms with Gasteiger partial charge in [-0.2, -0.15) is 0 Å². The van der Waals surface area contributed by atoms with Crippen molar-refractivity contribution in [2.75, 3.05) is 26.8 Å². The lowest BCUT2D eigenvalue weighted by molar-refractivity contribution is -0.132. The lowest BCUT2D eigenvalue weighted by Gasteiger charge is -2.23. The highest BCUT2D eigenvalue weighted by Gasteiger charge is 2.40. The van der Waals surface area contributed by atoms with E-state index in [2.05, 4.69) is 38.0 Å². The highest BCUT2D eigenvalue weighted by molar-refractivity contribution is 5.87. The predicted molar refractivity (Wildman–Crippen MR) is 70.8 cm³/mol. The summed E-state index contributed by atoms with van der Waals surface area (Å²) in [6.45, 7) is 11.0. The summed E-state index contributed by atoms with van der Waals surface area (Å²) in [5.74, 6) is 0.257. The third kappa shape index (κ3) is 3.42. The van der Waals surface area contributed by atoms with Crippen LogP contribution in [0.2, 0.25) is 0 Å². The normalized spacial score (nSPS) is 25.4. The average molecular weight is 241 g/mol. The van der Waals surface area contributed by atoms with Crippen LogP contribution in [0, 0.1) is 0 Å². The molecule has 0 aromatic carbocycles. The molecule has 0 saturated carbocycles. The lowest BCUT2D eigenvalue weighted by Crippen LogP contribution is -2.43. The first-order chi connectivity index (χ1) is 7.90. The molecule has 0 aromatic heterocycles. The number of hydrogen-bond donors (Lipinski definition) is 1. The van der Waals surface area contributed by atoms with Gasteiger partial charge in [0.15, 0.2) is 0 Å². The topological polar surface area (TPSA) is 35.6 Å². The van der Waals surface area contributed by atoms with Crippen molar-refractivity contribution in [3.8, 4) is 0 Å². The molecule has 1 amide bonds. The number of nitrogens with one attached hydrogen (secondary N) is 1. The van der Waals surface area contributed by atoms with Gasteiger partial charge in [0, 0.05) is 12.6 Å². The van der Waals surface area contributed by atoms with Crippen LogP contribution in [0.15, 0.2) is 0 Å². The third-order valence-corrected chi connectivity index (χ3v) is 3.95. The van der Waals surface area contributed by atoms with Crippen LogP contribution in [-0.4, -0.2) is 54.1 Å². The van der Waals surface area contributed by atoms with Crippen molar-refractivity contribution in [3.05, 3.63) is 0 Å². The number of amides is 1. The number of carbonyl (C=O) groups excluding carboxylic acids is 1. The fraction of sp³-hybridized carbons (Fsp3) is 0.923. The summed E-state index contributed by atoms with van der Waals surface area (Å²) in [4.78, 5) is 16.4. The second-order valence-corrected chi connectivity index (χ2v) is 5.52. The molecule has 0 bridgehead atoms. The molecule has 0 aromatic rings. The summed E-state index contributed by atoms with van der Waals surface area (Å²) >= 11 is 0. The quantitative estimate of drug-likeness (QED) is 0.761. The van der Waals surface area contributed by atoms with Crippen LogP contribution >= 0.6 is 0 Å². The van der Waals surface area contributed by atoms with Gasteiger partial charge in [-0.1, -0.05) is 6.92 Å². The van der Waals surface area contributed by atoms with Crippen LogP contribution in [0.5, 0.6) is 0 Å². The Morgan fingerprint density at radius 1 is 1.53 bits per heavy atom. The third-order valence-electron chi connectivity index (χ3n) is 3.95. The zero-order valence-corrected chi connectivity index (χ0v) is 11.9. The van der Waals surface area contributed by atoms with Crippen molar-refractivity contribution >= 4 is 5.91 Å². The number of hydrogen-bond acceptors (Lipinski definition) is 3. The van der Waals surface area contributed by atoms with E-state index in [1.165, 1.54) is 0 Å². The van der Waals surface area contributed by atoms with Gasteiger partial charge in [0.05, 0.1) is 12.2 Å². The Balaban J connectivity index is 2.33. The van der Waals surface area contributed by atoms with E-state index in [-0.39, 0.29) is 11.4 Å². The Morgan fingerprint density at radius 2 is 2.18 bits per heavy atom. The first kappa shape index (κ1) is 14.5. The Labute approximate surface area is 105 Å². The van der Waals surface area contributed by atoms with Crippen LogP contribution < -0.4 is 5.32 Å². The highest BCUT2D eigenvalue weighted by atomic mass is 16.2. The van der Waals surface area contributed by atoms with E-state index in [0.29, 0.717) is 12.7 Å². The van der Waals surface area contributed by atoms with E-state index in [1.807, 2.05) is 11.8 Å². The summed E-state index contributed by atoms with van der Waals surface area (Å²) < 4.78 is 0. The standard InChI is InChI=1S/C13H27N3O/c1-6-13(4)12(17)16(10-14-13)9-7-8-15(5)11(2)3/h11,14H,6-10H2,1-5H3.